The molecule has 0 radical (unpaired) electrons. The number of carbonyl (C=O) groups excluding carboxylic acids is 1. The van der Waals surface area contributed by atoms with Gasteiger partial charge in [0.05, 0.1) is 18.8 Å². The Bertz CT molecular complexity index is 1250. The maximum Gasteiger partial charge on any atom is 0.251 e. The van der Waals surface area contributed by atoms with E-state index in [0.717, 1.165) is 33.8 Å². The second kappa shape index (κ2) is 9.14. The highest BCUT2D eigenvalue weighted by atomic mass is 16.5. The van der Waals surface area contributed by atoms with E-state index < -0.39 is 0 Å². The first kappa shape index (κ1) is 21.4. The number of benzene rings is 2. The predicted octanol–water partition coefficient (Wildman–Crippen LogP) is 5.03. The Kier molecular flexibility index (Phi) is 6.12. The van der Waals surface area contributed by atoms with Gasteiger partial charge in [-0.25, -0.2) is 4.98 Å². The molecule has 0 bridgehead atoms. The Balaban J connectivity index is 1.39. The number of rotatable bonds is 7. The molecular weight excluding hydrogens is 402 g/mol. The van der Waals surface area contributed by atoms with Gasteiger partial charge in [0, 0.05) is 23.5 Å². The molecule has 164 valence electrons. The minimum atomic E-state index is -0.188. The minimum absolute atomic E-state index is 0.150. The summed E-state index contributed by atoms with van der Waals surface area (Å²) in [4.78, 5) is 17.3. The van der Waals surface area contributed by atoms with Gasteiger partial charge in [-0.3, -0.25) is 4.79 Å². The topological polar surface area (TPSA) is 64.9 Å². The lowest BCUT2D eigenvalue weighted by Crippen LogP contribution is -2.27. The smallest absolute Gasteiger partial charge is 0.251 e. The lowest BCUT2D eigenvalue weighted by atomic mass is 10.0. The number of hydrogen-bond acceptors (Lipinski definition) is 4. The van der Waals surface area contributed by atoms with Crippen molar-refractivity contribution in [3.05, 3.63) is 94.9 Å². The fourth-order valence-corrected chi connectivity index (χ4v) is 3.68. The monoisotopic (exact) mass is 429 g/mol. The van der Waals surface area contributed by atoms with Crippen molar-refractivity contribution in [3.63, 3.8) is 0 Å². The zero-order valence-corrected chi connectivity index (χ0v) is 18.8. The average Bonchev–Trinajstić information content (AvgIpc) is 3.22. The molecule has 6 heteroatoms. The average molecular weight is 430 g/mol. The van der Waals surface area contributed by atoms with Crippen LogP contribution in [0.5, 0.6) is 11.5 Å². The summed E-state index contributed by atoms with van der Waals surface area (Å²) in [7, 11) is 1.63. The van der Waals surface area contributed by atoms with Crippen LogP contribution in [0.4, 0.5) is 0 Å². The minimum Gasteiger partial charge on any atom is -0.496 e. The zero-order chi connectivity index (χ0) is 22.7. The maximum atomic E-state index is 12.7. The number of pyridine rings is 1. The fraction of sp³-hybridized carbons (Fsp3) is 0.231. The lowest BCUT2D eigenvalue weighted by molar-refractivity contribution is 0.0939. The molecule has 4 aromatic rings. The van der Waals surface area contributed by atoms with E-state index in [-0.39, 0.29) is 11.9 Å². The molecule has 1 unspecified atom stereocenters. The number of hydrogen-bond donors (Lipinski definition) is 1. The Hall–Kier alpha value is -3.80. The highest BCUT2D eigenvalue weighted by molar-refractivity contribution is 5.94. The van der Waals surface area contributed by atoms with Crippen molar-refractivity contribution in [2.45, 2.75) is 33.4 Å². The van der Waals surface area contributed by atoms with Crippen LogP contribution in [0.15, 0.2) is 67.0 Å². The molecule has 0 aliphatic heterocycles. The number of nitrogens with zero attached hydrogens (tertiary/aromatic N) is 2. The van der Waals surface area contributed by atoms with Gasteiger partial charge in [0.25, 0.3) is 5.91 Å². The van der Waals surface area contributed by atoms with Gasteiger partial charge in [-0.05, 0) is 62.7 Å². The third-order valence-electron chi connectivity index (χ3n) is 5.43. The van der Waals surface area contributed by atoms with E-state index in [0.29, 0.717) is 17.9 Å². The summed E-state index contributed by atoms with van der Waals surface area (Å²) in [5.41, 5.74) is 5.53. The van der Waals surface area contributed by atoms with Gasteiger partial charge in [-0.15, -0.1) is 0 Å². The molecule has 32 heavy (non-hydrogen) atoms. The second-order valence-corrected chi connectivity index (χ2v) is 7.91. The first-order valence-electron chi connectivity index (χ1n) is 10.6. The molecule has 0 aliphatic rings. The zero-order valence-electron chi connectivity index (χ0n) is 18.8. The lowest BCUT2D eigenvalue weighted by Gasteiger charge is -2.18. The summed E-state index contributed by atoms with van der Waals surface area (Å²) in [5, 5.41) is 3.04. The van der Waals surface area contributed by atoms with Crippen molar-refractivity contribution >= 4 is 11.6 Å². The van der Waals surface area contributed by atoms with Crippen LogP contribution in [-0.4, -0.2) is 22.4 Å². The Morgan fingerprint density at radius 2 is 1.91 bits per heavy atom. The van der Waals surface area contributed by atoms with Crippen LogP contribution in [0.25, 0.3) is 5.65 Å². The van der Waals surface area contributed by atoms with Gasteiger partial charge in [-0.1, -0.05) is 23.8 Å². The van der Waals surface area contributed by atoms with Crippen LogP contribution >= 0.6 is 0 Å². The first-order valence-corrected chi connectivity index (χ1v) is 10.6. The second-order valence-electron chi connectivity index (χ2n) is 7.91. The van der Waals surface area contributed by atoms with E-state index in [1.54, 1.807) is 31.4 Å². The van der Waals surface area contributed by atoms with Crippen LogP contribution in [0.3, 0.4) is 0 Å². The normalized spacial score (nSPS) is 11.9. The van der Waals surface area contributed by atoms with Gasteiger partial charge < -0.3 is 19.2 Å². The van der Waals surface area contributed by atoms with Crippen LogP contribution in [-0.2, 0) is 6.61 Å². The molecule has 1 atom stereocenters. The van der Waals surface area contributed by atoms with Gasteiger partial charge in [0.1, 0.15) is 23.8 Å². The van der Waals surface area contributed by atoms with Crippen molar-refractivity contribution in [2.24, 2.45) is 0 Å². The molecule has 0 saturated carbocycles. The molecule has 2 aromatic carbocycles. The molecule has 0 spiro atoms. The van der Waals surface area contributed by atoms with Gasteiger partial charge in [0.15, 0.2) is 0 Å². The van der Waals surface area contributed by atoms with Crippen molar-refractivity contribution in [1.29, 1.82) is 0 Å². The van der Waals surface area contributed by atoms with Crippen LogP contribution < -0.4 is 14.8 Å². The van der Waals surface area contributed by atoms with Crippen LogP contribution in [0.1, 0.15) is 45.7 Å². The van der Waals surface area contributed by atoms with Gasteiger partial charge >= 0.3 is 0 Å². The number of aryl methyl sites for hydroxylation is 2. The van der Waals surface area contributed by atoms with E-state index in [1.807, 2.05) is 67.9 Å². The third kappa shape index (κ3) is 4.59. The number of fused-ring (bicyclic) bond motifs is 1. The largest absolute Gasteiger partial charge is 0.496 e. The number of aromatic nitrogens is 2. The molecule has 0 aliphatic carbocycles. The number of methoxy groups -OCH3 is 1. The van der Waals surface area contributed by atoms with E-state index in [2.05, 4.69) is 10.3 Å². The summed E-state index contributed by atoms with van der Waals surface area (Å²) in [5.74, 6) is 1.29. The number of ether oxygens (including phenoxy) is 2. The molecule has 0 fully saturated rings. The predicted molar refractivity (Wildman–Crippen MR) is 124 cm³/mol. The third-order valence-corrected chi connectivity index (χ3v) is 5.43. The van der Waals surface area contributed by atoms with Crippen LogP contribution in [0.2, 0.25) is 0 Å². The van der Waals surface area contributed by atoms with Crippen molar-refractivity contribution in [2.75, 3.05) is 7.11 Å². The number of amides is 1. The van der Waals surface area contributed by atoms with Gasteiger partial charge in [0.2, 0.25) is 0 Å². The van der Waals surface area contributed by atoms with Crippen molar-refractivity contribution in [1.82, 2.24) is 14.7 Å². The number of nitrogens with one attached hydrogen (secondary N) is 1. The Labute approximate surface area is 187 Å². The highest BCUT2D eigenvalue weighted by Crippen LogP contribution is 2.26. The number of carbonyl (C=O) groups is 1. The SMILES string of the molecule is COc1ccc(C)cc1C(C)NC(=O)c1ccc(OCc2cn3cccc(C)c3n2)cc1. The Morgan fingerprint density at radius 3 is 2.62 bits per heavy atom. The van der Waals surface area contributed by atoms with E-state index in [4.69, 9.17) is 9.47 Å². The molecule has 2 heterocycles. The highest BCUT2D eigenvalue weighted by Gasteiger charge is 2.15. The molecule has 1 amide bonds. The van der Waals surface area contributed by atoms with E-state index in [1.165, 1.54) is 0 Å². The summed E-state index contributed by atoms with van der Waals surface area (Å²) in [6, 6.07) is 16.9. The fourth-order valence-electron chi connectivity index (χ4n) is 3.68. The maximum absolute atomic E-state index is 12.7. The quantitative estimate of drug-likeness (QED) is 0.448. The summed E-state index contributed by atoms with van der Waals surface area (Å²) >= 11 is 0. The summed E-state index contributed by atoms with van der Waals surface area (Å²) in [6.07, 6.45) is 3.94. The Morgan fingerprint density at radius 1 is 1.12 bits per heavy atom. The van der Waals surface area contributed by atoms with Crippen molar-refractivity contribution < 1.29 is 14.3 Å². The van der Waals surface area contributed by atoms with Gasteiger partial charge in [-0.2, -0.15) is 0 Å². The summed E-state index contributed by atoms with van der Waals surface area (Å²) < 4.78 is 13.3. The molecule has 4 rings (SSSR count). The molecule has 2 aromatic heterocycles. The van der Waals surface area contributed by atoms with E-state index in [9.17, 15) is 4.79 Å². The standard InChI is InChI=1S/C26H27N3O3/c1-17-7-12-24(31-4)23(14-17)19(3)27-26(30)20-8-10-22(11-9-20)32-16-21-15-29-13-5-6-18(2)25(29)28-21/h5-15,19H,16H2,1-4H3,(H,27,30). The number of imidazole rings is 1. The van der Waals surface area contributed by atoms with Crippen LogP contribution in [0, 0.1) is 13.8 Å². The molecule has 1 N–H and O–H groups in total. The summed E-state index contributed by atoms with van der Waals surface area (Å²) in [6.45, 7) is 6.36. The first-order chi connectivity index (χ1) is 15.4. The molecule has 6 nitrogen and oxygen atoms in total. The molecular formula is C26H27N3O3. The van der Waals surface area contributed by atoms with Crippen molar-refractivity contribution in [3.8, 4) is 11.5 Å². The molecule has 0 saturated heterocycles. The van der Waals surface area contributed by atoms with E-state index >= 15 is 0 Å².